The average Bonchev–Trinajstić information content (AvgIpc) is 3.37. The van der Waals surface area contributed by atoms with Crippen molar-refractivity contribution in [3.8, 4) is 0 Å². The van der Waals surface area contributed by atoms with Crippen LogP contribution >= 0.6 is 0 Å². The molecular formula is C37H47Cl3SiTi. The zero-order valence-corrected chi connectivity index (χ0v) is 31.3. The van der Waals surface area contributed by atoms with E-state index in [1.807, 2.05) is 0 Å². The Morgan fingerprint density at radius 2 is 0.762 bits per heavy atom. The maximum absolute atomic E-state index is 2.64. The molecule has 5 heteroatoms. The quantitative estimate of drug-likeness (QED) is 0.176. The summed E-state index contributed by atoms with van der Waals surface area (Å²) in [5, 5.41) is 4.74. The van der Waals surface area contributed by atoms with Crippen LogP contribution in [-0.4, -0.2) is 8.07 Å². The molecule has 0 N–H and O–H groups in total. The molecule has 0 saturated heterocycles. The third-order valence-electron chi connectivity index (χ3n) is 9.03. The van der Waals surface area contributed by atoms with Crippen molar-refractivity contribution < 1.29 is 57.7 Å². The van der Waals surface area contributed by atoms with E-state index in [9.17, 15) is 0 Å². The van der Waals surface area contributed by atoms with Gasteiger partial charge in [0.25, 0.3) is 0 Å². The maximum Gasteiger partial charge on any atom is -1.00 e. The summed E-state index contributed by atoms with van der Waals surface area (Å²) in [7, 11) is -2.64. The van der Waals surface area contributed by atoms with E-state index >= 15 is 0 Å². The van der Waals surface area contributed by atoms with Crippen molar-refractivity contribution in [3.63, 3.8) is 0 Å². The number of benzene rings is 3. The Hall–Kier alpha value is -1.06. The fourth-order valence-electron chi connectivity index (χ4n) is 6.65. The van der Waals surface area contributed by atoms with Gasteiger partial charge in [0.2, 0.25) is 0 Å². The molecule has 0 saturated carbocycles. The van der Waals surface area contributed by atoms with Gasteiger partial charge < -0.3 is 37.2 Å². The van der Waals surface area contributed by atoms with Crippen LogP contribution in [0.1, 0.15) is 88.3 Å². The number of allylic oxidation sites excluding steroid dienone is 4. The van der Waals surface area contributed by atoms with Crippen molar-refractivity contribution in [2.24, 2.45) is 0 Å². The Morgan fingerprint density at radius 3 is 1.00 bits per heavy atom. The molecule has 3 aromatic carbocycles. The molecule has 0 bridgehead atoms. The van der Waals surface area contributed by atoms with Crippen LogP contribution in [-0.2, 0) is 59.0 Å². The van der Waals surface area contributed by atoms with Gasteiger partial charge in [-0.15, -0.1) is 0 Å². The van der Waals surface area contributed by atoms with E-state index in [0.717, 1.165) is 44.9 Å². The van der Waals surface area contributed by atoms with Gasteiger partial charge in [-0.3, -0.25) is 0 Å². The molecule has 0 spiro atoms. The van der Waals surface area contributed by atoms with Gasteiger partial charge >= 0.3 is 253 Å². The van der Waals surface area contributed by atoms with Crippen molar-refractivity contribution in [2.45, 2.75) is 96.8 Å². The maximum atomic E-state index is 2.60. The molecule has 0 fully saturated rings. The zero-order valence-electron chi connectivity index (χ0n) is 26.5. The number of hydrogen-bond acceptors (Lipinski definition) is 0. The van der Waals surface area contributed by atoms with Gasteiger partial charge in [-0.1, -0.05) is 0 Å². The second kappa shape index (κ2) is 16.9. The van der Waals surface area contributed by atoms with E-state index in [0.29, 0.717) is 0 Å². The number of rotatable bonds is 11. The van der Waals surface area contributed by atoms with Crippen LogP contribution in [0, 0.1) is 0 Å². The van der Waals surface area contributed by atoms with Crippen LogP contribution in [0.2, 0.25) is 3.34 Å². The minimum absolute atomic E-state index is 0. The molecule has 0 radical (unpaired) electrons. The van der Waals surface area contributed by atoms with E-state index in [2.05, 4.69) is 142 Å². The second-order valence-electron chi connectivity index (χ2n) is 11.2. The normalized spacial score (nSPS) is 15.9. The number of aryl methyl sites for hydroxylation is 6. The second-order valence-corrected chi connectivity index (χ2v) is 17.2. The van der Waals surface area contributed by atoms with Gasteiger partial charge in [-0.25, -0.2) is 0 Å². The summed E-state index contributed by atoms with van der Waals surface area (Å²) >= 11 is 2.58. The van der Waals surface area contributed by atoms with Crippen LogP contribution in [0.15, 0.2) is 78.4 Å². The summed E-state index contributed by atoms with van der Waals surface area (Å²) in [5.41, 5.74) is 10.4. The first-order valence-corrected chi connectivity index (χ1v) is 18.1. The van der Waals surface area contributed by atoms with Crippen molar-refractivity contribution >= 4 is 23.6 Å². The van der Waals surface area contributed by atoms with Gasteiger partial charge in [-0.05, 0) is 0 Å². The van der Waals surface area contributed by atoms with E-state index in [-0.39, 0.29) is 40.6 Å². The molecule has 0 heterocycles. The molecule has 224 valence electrons. The first-order valence-electron chi connectivity index (χ1n) is 15.4. The summed E-state index contributed by atoms with van der Waals surface area (Å²) in [6, 6.07) is 23.0. The summed E-state index contributed by atoms with van der Waals surface area (Å²) in [4.78, 5) is 0. The van der Waals surface area contributed by atoms with E-state index in [4.69, 9.17) is 0 Å². The van der Waals surface area contributed by atoms with Gasteiger partial charge in [0.05, 0.1) is 0 Å². The standard InChI is InChI=1S/C37H47Si.3ClH.Ti/c1-8-27-18-28(9-2)22-34(21-27)38(37-17-15-16-33(37)14-7,35-23-29(10-3)19-30(11-4)24-35)36-25-31(12-5)20-32(13-6)26-36;;;;/h15-26H,8-14H2,1-7H3;3*1H;/q;;;;+3/p-3. The first kappa shape index (κ1) is 39.0. The van der Waals surface area contributed by atoms with Crippen LogP contribution < -0.4 is 52.8 Å². The molecule has 3 aromatic rings. The van der Waals surface area contributed by atoms with Gasteiger partial charge in [0.1, 0.15) is 0 Å². The fraction of sp³-hybridized carbons (Fsp3) is 0.405. The monoisotopic (exact) mass is 672 g/mol. The molecule has 0 aromatic heterocycles. The van der Waals surface area contributed by atoms with Crippen LogP contribution in [0.5, 0.6) is 0 Å². The molecule has 0 nitrogen and oxygen atoms in total. The molecule has 1 aliphatic carbocycles. The smallest absolute Gasteiger partial charge is 1.00 e. The van der Waals surface area contributed by atoms with Crippen molar-refractivity contribution in [1.29, 1.82) is 0 Å². The van der Waals surface area contributed by atoms with Crippen LogP contribution in [0.25, 0.3) is 0 Å². The van der Waals surface area contributed by atoms with Crippen molar-refractivity contribution in [1.82, 2.24) is 0 Å². The Balaban J connectivity index is 0.00000294. The van der Waals surface area contributed by atoms with E-state index in [1.54, 1.807) is 21.1 Å². The minimum Gasteiger partial charge on any atom is -1.00 e. The molecule has 42 heavy (non-hydrogen) atoms. The molecular weight excluding hydrogens is 627 g/mol. The molecule has 0 amide bonds. The van der Waals surface area contributed by atoms with Crippen molar-refractivity contribution in [3.05, 3.63) is 112 Å². The zero-order chi connectivity index (χ0) is 28.2. The Kier molecular flexibility index (Phi) is 15.6. The minimum atomic E-state index is -2.64. The Bertz CT molecular complexity index is 1190. The average molecular weight is 674 g/mol. The third kappa shape index (κ3) is 7.09. The van der Waals surface area contributed by atoms with Crippen LogP contribution in [0.4, 0.5) is 0 Å². The topological polar surface area (TPSA) is 0 Å². The van der Waals surface area contributed by atoms with Gasteiger partial charge in [0.15, 0.2) is 0 Å². The first-order chi connectivity index (χ1) is 18.8. The number of halogens is 3. The Labute approximate surface area is 287 Å². The third-order valence-corrected chi connectivity index (χ3v) is 16.7. The SMILES string of the molecule is CCC1=CC=C[C]1([Ti+3])[Si](c1cc(CC)cc(CC)c1)(c1cc(CC)cc(CC)c1)c1cc(CC)cc(CC)c1.[Cl-].[Cl-].[Cl-]. The predicted molar refractivity (Wildman–Crippen MR) is 170 cm³/mol. The van der Waals surface area contributed by atoms with E-state index in [1.165, 1.54) is 33.4 Å². The van der Waals surface area contributed by atoms with E-state index < -0.39 is 8.07 Å². The number of hydrogen-bond donors (Lipinski definition) is 0. The largest absolute Gasteiger partial charge is 1.00 e. The summed E-state index contributed by atoms with van der Waals surface area (Å²) < 4.78 is -0.0477. The summed E-state index contributed by atoms with van der Waals surface area (Å²) in [6.07, 6.45) is 14.9. The molecule has 1 aliphatic rings. The molecule has 0 aliphatic heterocycles. The Morgan fingerprint density at radius 1 is 0.476 bits per heavy atom. The molecule has 4 rings (SSSR count). The molecule has 1 atom stereocenters. The van der Waals surface area contributed by atoms with Gasteiger partial charge in [0, 0.05) is 0 Å². The molecule has 1 unspecified atom stereocenters. The van der Waals surface area contributed by atoms with Crippen molar-refractivity contribution in [2.75, 3.05) is 0 Å². The summed E-state index contributed by atoms with van der Waals surface area (Å²) in [5.74, 6) is 0. The fourth-order valence-corrected chi connectivity index (χ4v) is 15.1. The van der Waals surface area contributed by atoms with Gasteiger partial charge in [-0.2, -0.15) is 0 Å². The predicted octanol–water partition coefficient (Wildman–Crippen LogP) is -1.31. The van der Waals surface area contributed by atoms with Crippen LogP contribution in [0.3, 0.4) is 0 Å². The summed E-state index contributed by atoms with van der Waals surface area (Å²) in [6.45, 7) is 16.3.